The minimum absolute atomic E-state index is 0.101. The van der Waals surface area contributed by atoms with Crippen LogP contribution in [0.2, 0.25) is 5.02 Å². The van der Waals surface area contributed by atoms with Crippen molar-refractivity contribution in [3.05, 3.63) is 58.6 Å². The molecule has 0 spiro atoms. The van der Waals surface area contributed by atoms with Gasteiger partial charge in [-0.3, -0.25) is 0 Å². The van der Waals surface area contributed by atoms with Crippen LogP contribution in [0.15, 0.2) is 47.4 Å². The van der Waals surface area contributed by atoms with Gasteiger partial charge in [0, 0.05) is 6.04 Å². The molecule has 0 amide bonds. The van der Waals surface area contributed by atoms with E-state index < -0.39 is 10.0 Å². The predicted octanol–water partition coefficient (Wildman–Crippen LogP) is 3.47. The minimum Gasteiger partial charge on any atom is -0.377 e. The molecular formula is C15H17ClN2O2S. The van der Waals surface area contributed by atoms with Crippen molar-refractivity contribution in [2.45, 2.75) is 24.8 Å². The van der Waals surface area contributed by atoms with Gasteiger partial charge in [-0.15, -0.1) is 0 Å². The van der Waals surface area contributed by atoms with Crippen molar-refractivity contribution >= 4 is 27.3 Å². The van der Waals surface area contributed by atoms with Gasteiger partial charge in [0.05, 0.1) is 15.6 Å². The van der Waals surface area contributed by atoms with Crippen LogP contribution in [0.25, 0.3) is 0 Å². The minimum atomic E-state index is -3.70. The normalized spacial score (nSPS) is 13.0. The monoisotopic (exact) mass is 324 g/mol. The highest BCUT2D eigenvalue weighted by atomic mass is 35.5. The summed E-state index contributed by atoms with van der Waals surface area (Å²) in [5.41, 5.74) is 2.69. The summed E-state index contributed by atoms with van der Waals surface area (Å²) in [6, 6.07) is 12.1. The van der Waals surface area contributed by atoms with Crippen LogP contribution in [0, 0.1) is 6.92 Å². The molecular weight excluding hydrogens is 308 g/mol. The lowest BCUT2D eigenvalue weighted by Gasteiger charge is -2.19. The van der Waals surface area contributed by atoms with Gasteiger partial charge in [-0.05, 0) is 43.2 Å². The highest BCUT2D eigenvalue weighted by Gasteiger charge is 2.13. The first kappa shape index (κ1) is 15.8. The zero-order valence-electron chi connectivity index (χ0n) is 11.8. The molecule has 4 nitrogen and oxygen atoms in total. The summed E-state index contributed by atoms with van der Waals surface area (Å²) in [5, 5.41) is 9.09. The zero-order chi connectivity index (χ0) is 15.6. The third kappa shape index (κ3) is 3.75. The van der Waals surface area contributed by atoms with Gasteiger partial charge >= 0.3 is 0 Å². The number of rotatable bonds is 4. The number of halogens is 1. The Morgan fingerprint density at radius 3 is 2.48 bits per heavy atom. The first-order valence-electron chi connectivity index (χ1n) is 6.43. The van der Waals surface area contributed by atoms with E-state index in [0.29, 0.717) is 5.02 Å². The van der Waals surface area contributed by atoms with E-state index in [1.165, 1.54) is 6.07 Å². The average molecular weight is 325 g/mol. The summed E-state index contributed by atoms with van der Waals surface area (Å²) in [7, 11) is -3.70. The summed E-state index contributed by atoms with van der Waals surface area (Å²) in [4.78, 5) is 0.101. The molecule has 0 radical (unpaired) electrons. The van der Waals surface area contributed by atoms with E-state index in [2.05, 4.69) is 5.32 Å². The van der Waals surface area contributed by atoms with Crippen LogP contribution in [0.1, 0.15) is 24.1 Å². The third-order valence-corrected chi connectivity index (χ3v) is 4.50. The summed E-state index contributed by atoms with van der Waals surface area (Å²) in [6.45, 7) is 3.90. The molecule has 3 N–H and O–H groups in total. The SMILES string of the molecule is Cc1cccc(Cl)c1NC(C)c1cccc(S(N)(=O)=O)c1. The van der Waals surface area contributed by atoms with Gasteiger partial charge < -0.3 is 5.32 Å². The molecule has 21 heavy (non-hydrogen) atoms. The summed E-state index contributed by atoms with van der Waals surface area (Å²) >= 11 is 6.19. The Bertz CT molecular complexity index is 740. The number of nitrogens with one attached hydrogen (secondary N) is 1. The first-order valence-corrected chi connectivity index (χ1v) is 8.36. The molecule has 0 aliphatic rings. The van der Waals surface area contributed by atoms with E-state index in [4.69, 9.17) is 16.7 Å². The molecule has 0 saturated carbocycles. The molecule has 0 aromatic heterocycles. The Labute approximate surface area is 130 Å². The maximum atomic E-state index is 11.4. The van der Waals surface area contributed by atoms with Crippen LogP contribution < -0.4 is 10.5 Å². The Kier molecular flexibility index (Phi) is 4.56. The van der Waals surface area contributed by atoms with Crippen LogP contribution in [-0.2, 0) is 10.0 Å². The largest absolute Gasteiger partial charge is 0.377 e. The maximum absolute atomic E-state index is 11.4. The summed E-state index contributed by atoms with van der Waals surface area (Å²) in [6.07, 6.45) is 0. The molecule has 2 aromatic rings. The third-order valence-electron chi connectivity index (χ3n) is 3.27. The molecule has 0 fully saturated rings. The molecule has 0 bridgehead atoms. The second-order valence-corrected chi connectivity index (χ2v) is 6.88. The number of hydrogen-bond donors (Lipinski definition) is 2. The second-order valence-electron chi connectivity index (χ2n) is 4.92. The Balaban J connectivity index is 2.31. The number of primary sulfonamides is 1. The number of para-hydroxylation sites is 1. The van der Waals surface area contributed by atoms with Crippen molar-refractivity contribution in [1.82, 2.24) is 0 Å². The Morgan fingerprint density at radius 2 is 1.86 bits per heavy atom. The van der Waals surface area contributed by atoms with Crippen molar-refractivity contribution in [1.29, 1.82) is 0 Å². The molecule has 1 atom stereocenters. The van der Waals surface area contributed by atoms with Gasteiger partial charge in [0.1, 0.15) is 0 Å². The number of aryl methyl sites for hydroxylation is 1. The zero-order valence-corrected chi connectivity index (χ0v) is 13.4. The van der Waals surface area contributed by atoms with Gasteiger partial charge in [-0.25, -0.2) is 13.6 Å². The summed E-state index contributed by atoms with van der Waals surface area (Å²) in [5.74, 6) is 0. The standard InChI is InChI=1S/C15H17ClN2O2S/c1-10-5-3-8-14(16)15(10)18-11(2)12-6-4-7-13(9-12)21(17,19)20/h3-9,11,18H,1-2H3,(H2,17,19,20). The van der Waals surface area contributed by atoms with Gasteiger partial charge in [0.2, 0.25) is 10.0 Å². The average Bonchev–Trinajstić information content (AvgIpc) is 2.42. The van der Waals surface area contributed by atoms with E-state index in [-0.39, 0.29) is 10.9 Å². The van der Waals surface area contributed by atoms with Crippen LogP contribution in [0.4, 0.5) is 5.69 Å². The van der Waals surface area contributed by atoms with Gasteiger partial charge in [0.15, 0.2) is 0 Å². The number of sulfonamides is 1. The van der Waals surface area contributed by atoms with Gasteiger partial charge in [-0.2, -0.15) is 0 Å². The number of hydrogen-bond acceptors (Lipinski definition) is 3. The fourth-order valence-corrected chi connectivity index (χ4v) is 2.92. The fourth-order valence-electron chi connectivity index (χ4n) is 2.08. The van der Waals surface area contributed by atoms with Crippen LogP contribution in [0.3, 0.4) is 0 Å². The topological polar surface area (TPSA) is 72.2 Å². The molecule has 2 rings (SSSR count). The van der Waals surface area contributed by atoms with Crippen molar-refractivity contribution in [3.63, 3.8) is 0 Å². The number of nitrogens with two attached hydrogens (primary N) is 1. The lowest BCUT2D eigenvalue weighted by atomic mass is 10.1. The molecule has 2 aromatic carbocycles. The van der Waals surface area contributed by atoms with Crippen LogP contribution in [-0.4, -0.2) is 8.42 Å². The van der Waals surface area contributed by atoms with Crippen LogP contribution >= 0.6 is 11.6 Å². The van der Waals surface area contributed by atoms with Crippen molar-refractivity contribution in [2.75, 3.05) is 5.32 Å². The van der Waals surface area contributed by atoms with E-state index in [1.807, 2.05) is 38.1 Å². The van der Waals surface area contributed by atoms with Crippen molar-refractivity contribution in [2.24, 2.45) is 5.14 Å². The molecule has 112 valence electrons. The molecule has 1 unspecified atom stereocenters. The van der Waals surface area contributed by atoms with E-state index in [1.54, 1.807) is 12.1 Å². The second kappa shape index (κ2) is 6.05. The maximum Gasteiger partial charge on any atom is 0.238 e. The summed E-state index contributed by atoms with van der Waals surface area (Å²) < 4.78 is 22.8. The molecule has 0 heterocycles. The Morgan fingerprint density at radius 1 is 1.19 bits per heavy atom. The molecule has 0 saturated heterocycles. The van der Waals surface area contributed by atoms with E-state index >= 15 is 0 Å². The highest BCUT2D eigenvalue weighted by Crippen LogP contribution is 2.29. The molecule has 0 aliphatic heterocycles. The van der Waals surface area contributed by atoms with Gasteiger partial charge in [-0.1, -0.05) is 35.9 Å². The lowest BCUT2D eigenvalue weighted by Crippen LogP contribution is -2.14. The van der Waals surface area contributed by atoms with Crippen LogP contribution in [0.5, 0.6) is 0 Å². The molecule has 6 heteroatoms. The van der Waals surface area contributed by atoms with Gasteiger partial charge in [0.25, 0.3) is 0 Å². The smallest absolute Gasteiger partial charge is 0.238 e. The molecule has 0 aliphatic carbocycles. The Hall–Kier alpha value is -1.56. The lowest BCUT2D eigenvalue weighted by molar-refractivity contribution is 0.597. The van der Waals surface area contributed by atoms with Crippen molar-refractivity contribution < 1.29 is 8.42 Å². The predicted molar refractivity (Wildman–Crippen MR) is 86.0 cm³/mol. The first-order chi connectivity index (χ1) is 9.79. The number of anilines is 1. The quantitative estimate of drug-likeness (QED) is 0.904. The van der Waals surface area contributed by atoms with E-state index in [9.17, 15) is 8.42 Å². The number of benzene rings is 2. The highest BCUT2D eigenvalue weighted by molar-refractivity contribution is 7.89. The van der Waals surface area contributed by atoms with Crippen molar-refractivity contribution in [3.8, 4) is 0 Å². The fraction of sp³-hybridized carbons (Fsp3) is 0.200. The van der Waals surface area contributed by atoms with E-state index in [0.717, 1.165) is 16.8 Å².